The summed E-state index contributed by atoms with van der Waals surface area (Å²) in [6.45, 7) is 8.36. The van der Waals surface area contributed by atoms with Crippen molar-refractivity contribution in [2.45, 2.75) is 64.6 Å². The summed E-state index contributed by atoms with van der Waals surface area (Å²) in [5.41, 5.74) is 1.16. The number of rotatable bonds is 6. The van der Waals surface area contributed by atoms with Gasteiger partial charge >= 0.3 is 0 Å². The molecule has 0 spiro atoms. The second-order valence-corrected chi connectivity index (χ2v) is 5.65. The Kier molecular flexibility index (Phi) is 5.40. The molecule has 0 radical (unpaired) electrons. The van der Waals surface area contributed by atoms with Crippen LogP contribution in [0.1, 0.15) is 51.8 Å². The lowest BCUT2D eigenvalue weighted by Gasteiger charge is -2.30. The van der Waals surface area contributed by atoms with Gasteiger partial charge in [0.15, 0.2) is 0 Å². The Morgan fingerprint density at radius 3 is 2.89 bits per heavy atom. The van der Waals surface area contributed by atoms with Crippen LogP contribution in [0.3, 0.4) is 0 Å². The van der Waals surface area contributed by atoms with Gasteiger partial charge in [0, 0.05) is 31.3 Å². The minimum Gasteiger partial charge on any atom is -0.377 e. The average Bonchev–Trinajstić information content (AvgIpc) is 2.88. The van der Waals surface area contributed by atoms with Gasteiger partial charge < -0.3 is 10.1 Å². The van der Waals surface area contributed by atoms with Crippen molar-refractivity contribution in [2.24, 2.45) is 0 Å². The Hall–Kier alpha value is -0.870. The lowest BCUT2D eigenvalue weighted by molar-refractivity contribution is -0.00730. The van der Waals surface area contributed by atoms with E-state index >= 15 is 0 Å². The van der Waals surface area contributed by atoms with Crippen LogP contribution in [-0.2, 0) is 11.2 Å². The summed E-state index contributed by atoms with van der Waals surface area (Å²) >= 11 is 0. The number of hydrogen-bond donors (Lipinski definition) is 1. The fraction of sp³-hybridized carbons (Fsp3) is 0.800. The highest BCUT2D eigenvalue weighted by molar-refractivity contribution is 5.03. The SMILES string of the molecule is CCNC(Cc1ccn(C(C)C)n1)C1CCCCO1. The van der Waals surface area contributed by atoms with E-state index in [2.05, 4.69) is 43.4 Å². The van der Waals surface area contributed by atoms with Crippen LogP contribution < -0.4 is 5.32 Å². The molecule has 4 heteroatoms. The second-order valence-electron chi connectivity index (χ2n) is 5.65. The van der Waals surface area contributed by atoms with Gasteiger partial charge in [0.2, 0.25) is 0 Å². The van der Waals surface area contributed by atoms with Crippen LogP contribution in [0.4, 0.5) is 0 Å². The highest BCUT2D eigenvalue weighted by atomic mass is 16.5. The zero-order chi connectivity index (χ0) is 13.7. The predicted molar refractivity (Wildman–Crippen MR) is 77.4 cm³/mol. The number of likely N-dealkylation sites (N-methyl/N-ethyl adjacent to an activating group) is 1. The zero-order valence-corrected chi connectivity index (χ0v) is 12.4. The molecule has 4 nitrogen and oxygen atoms in total. The fourth-order valence-corrected chi connectivity index (χ4v) is 2.68. The van der Waals surface area contributed by atoms with E-state index in [1.165, 1.54) is 19.3 Å². The van der Waals surface area contributed by atoms with Crippen LogP contribution in [0.5, 0.6) is 0 Å². The highest BCUT2D eigenvalue weighted by Crippen LogP contribution is 2.18. The molecule has 0 amide bonds. The van der Waals surface area contributed by atoms with Gasteiger partial charge in [0.25, 0.3) is 0 Å². The van der Waals surface area contributed by atoms with E-state index < -0.39 is 0 Å². The molecule has 1 aromatic heterocycles. The molecule has 1 fully saturated rings. The summed E-state index contributed by atoms with van der Waals surface area (Å²) in [6.07, 6.45) is 7.04. The van der Waals surface area contributed by atoms with Gasteiger partial charge in [-0.05, 0) is 45.7 Å². The third kappa shape index (κ3) is 4.05. The minimum absolute atomic E-state index is 0.345. The van der Waals surface area contributed by atoms with E-state index in [1.807, 2.05) is 4.68 Å². The molecule has 1 aliphatic heterocycles. The van der Waals surface area contributed by atoms with Crippen LogP contribution in [0.25, 0.3) is 0 Å². The third-order valence-corrected chi connectivity index (χ3v) is 3.75. The number of nitrogens with zero attached hydrogens (tertiary/aromatic N) is 2. The van der Waals surface area contributed by atoms with Crippen LogP contribution >= 0.6 is 0 Å². The van der Waals surface area contributed by atoms with Gasteiger partial charge in [-0.3, -0.25) is 4.68 Å². The molecular formula is C15H27N3O. The third-order valence-electron chi connectivity index (χ3n) is 3.75. The topological polar surface area (TPSA) is 39.1 Å². The molecule has 1 saturated heterocycles. The van der Waals surface area contributed by atoms with Gasteiger partial charge in [-0.15, -0.1) is 0 Å². The first kappa shape index (κ1) is 14.5. The largest absolute Gasteiger partial charge is 0.377 e. The van der Waals surface area contributed by atoms with Gasteiger partial charge in [-0.2, -0.15) is 5.10 Å². The first-order chi connectivity index (χ1) is 9.20. The van der Waals surface area contributed by atoms with Crippen molar-refractivity contribution in [2.75, 3.05) is 13.2 Å². The first-order valence-electron chi connectivity index (χ1n) is 7.59. The summed E-state index contributed by atoms with van der Waals surface area (Å²) in [5.74, 6) is 0. The van der Waals surface area contributed by atoms with Crippen molar-refractivity contribution in [3.8, 4) is 0 Å². The molecule has 2 atom stereocenters. The molecule has 2 heterocycles. The molecule has 0 saturated carbocycles. The van der Waals surface area contributed by atoms with E-state index in [1.54, 1.807) is 0 Å². The van der Waals surface area contributed by atoms with Crippen molar-refractivity contribution < 1.29 is 4.74 Å². The van der Waals surface area contributed by atoms with Gasteiger partial charge in [-0.25, -0.2) is 0 Å². The summed E-state index contributed by atoms with van der Waals surface area (Å²) < 4.78 is 7.95. The molecule has 19 heavy (non-hydrogen) atoms. The molecule has 108 valence electrons. The van der Waals surface area contributed by atoms with E-state index in [0.717, 1.165) is 25.3 Å². The highest BCUT2D eigenvalue weighted by Gasteiger charge is 2.24. The Morgan fingerprint density at radius 2 is 2.32 bits per heavy atom. The molecule has 0 aliphatic carbocycles. The number of hydrogen-bond acceptors (Lipinski definition) is 3. The molecule has 1 aromatic rings. The van der Waals surface area contributed by atoms with E-state index in [9.17, 15) is 0 Å². The molecule has 0 bridgehead atoms. The summed E-state index contributed by atoms with van der Waals surface area (Å²) in [4.78, 5) is 0. The molecule has 1 N–H and O–H groups in total. The Morgan fingerprint density at radius 1 is 1.47 bits per heavy atom. The molecule has 2 unspecified atom stereocenters. The van der Waals surface area contributed by atoms with Gasteiger partial charge in [-0.1, -0.05) is 6.92 Å². The lowest BCUT2D eigenvalue weighted by Crippen LogP contribution is -2.44. The fourth-order valence-electron chi connectivity index (χ4n) is 2.68. The maximum absolute atomic E-state index is 5.92. The second kappa shape index (κ2) is 7.06. The summed E-state index contributed by atoms with van der Waals surface area (Å²) in [7, 11) is 0. The average molecular weight is 265 g/mol. The maximum Gasteiger partial charge on any atom is 0.0731 e. The molecular weight excluding hydrogens is 238 g/mol. The van der Waals surface area contributed by atoms with Gasteiger partial charge in [0.1, 0.15) is 0 Å². The lowest BCUT2D eigenvalue weighted by atomic mass is 9.98. The maximum atomic E-state index is 5.92. The predicted octanol–water partition coefficient (Wildman–Crippen LogP) is 2.55. The van der Waals surface area contributed by atoms with Crippen molar-refractivity contribution in [1.82, 2.24) is 15.1 Å². The summed E-state index contributed by atoms with van der Waals surface area (Å²) in [5, 5.41) is 8.21. The summed E-state index contributed by atoms with van der Waals surface area (Å²) in [6, 6.07) is 2.95. The standard InChI is InChI=1S/C15H27N3O/c1-4-16-14(15-7-5-6-10-19-15)11-13-8-9-18(17-13)12(2)3/h8-9,12,14-16H,4-7,10-11H2,1-3H3. The van der Waals surface area contributed by atoms with Gasteiger partial charge in [0.05, 0.1) is 11.8 Å². The Bertz CT molecular complexity index is 369. The number of nitrogens with one attached hydrogen (secondary N) is 1. The van der Waals surface area contributed by atoms with Crippen LogP contribution in [0, 0.1) is 0 Å². The normalized spacial score (nSPS) is 21.8. The molecule has 2 rings (SSSR count). The van der Waals surface area contributed by atoms with Crippen molar-refractivity contribution >= 4 is 0 Å². The number of ether oxygens (including phenoxy) is 1. The Balaban J connectivity index is 1.98. The smallest absolute Gasteiger partial charge is 0.0731 e. The van der Waals surface area contributed by atoms with Crippen LogP contribution in [-0.4, -0.2) is 35.1 Å². The molecule has 0 aromatic carbocycles. The molecule has 1 aliphatic rings. The zero-order valence-electron chi connectivity index (χ0n) is 12.4. The quantitative estimate of drug-likeness (QED) is 0.859. The monoisotopic (exact) mass is 265 g/mol. The van der Waals surface area contributed by atoms with Crippen LogP contribution in [0.2, 0.25) is 0 Å². The van der Waals surface area contributed by atoms with E-state index in [4.69, 9.17) is 4.74 Å². The van der Waals surface area contributed by atoms with Crippen molar-refractivity contribution in [3.05, 3.63) is 18.0 Å². The van der Waals surface area contributed by atoms with E-state index in [-0.39, 0.29) is 0 Å². The van der Waals surface area contributed by atoms with Crippen molar-refractivity contribution in [1.29, 1.82) is 0 Å². The van der Waals surface area contributed by atoms with Crippen LogP contribution in [0.15, 0.2) is 12.3 Å². The first-order valence-corrected chi connectivity index (χ1v) is 7.59. The van der Waals surface area contributed by atoms with Crippen molar-refractivity contribution in [3.63, 3.8) is 0 Å². The van der Waals surface area contributed by atoms with E-state index in [0.29, 0.717) is 18.2 Å². The Labute approximate surface area is 116 Å². The minimum atomic E-state index is 0.345. The number of aromatic nitrogens is 2.